The molecule has 162 valence electrons. The number of hydrogen-bond donors (Lipinski definition) is 0. The van der Waals surface area contributed by atoms with Gasteiger partial charge in [-0.15, -0.1) is 0 Å². The number of ether oxygens (including phenoxy) is 1. The lowest BCUT2D eigenvalue weighted by molar-refractivity contribution is -0.142. The van der Waals surface area contributed by atoms with Crippen LogP contribution in [0.3, 0.4) is 0 Å². The highest BCUT2D eigenvalue weighted by Gasteiger charge is 2.33. The fourth-order valence-corrected chi connectivity index (χ4v) is 5.40. The number of piperazine rings is 1. The topological polar surface area (TPSA) is 92.2 Å². The van der Waals surface area contributed by atoms with Gasteiger partial charge < -0.3 is 19.1 Å². The Labute approximate surface area is 172 Å². The molecule has 0 bridgehead atoms. The molecular weight excluding hydrogens is 396 g/mol. The Bertz CT molecular complexity index is 848. The molecule has 0 aliphatic carbocycles. The number of rotatable bonds is 6. The Balaban J connectivity index is 1.67. The van der Waals surface area contributed by atoms with Gasteiger partial charge in [-0.25, -0.2) is 8.42 Å². The van der Waals surface area contributed by atoms with Gasteiger partial charge >= 0.3 is 0 Å². The van der Waals surface area contributed by atoms with Crippen LogP contribution >= 0.6 is 0 Å². The van der Waals surface area contributed by atoms with E-state index in [2.05, 4.69) is 0 Å². The van der Waals surface area contributed by atoms with Crippen molar-refractivity contribution in [2.75, 3.05) is 45.9 Å². The van der Waals surface area contributed by atoms with Crippen LogP contribution in [0, 0.1) is 0 Å². The lowest BCUT2D eigenvalue weighted by Gasteiger charge is -2.35. The summed E-state index contributed by atoms with van der Waals surface area (Å²) < 4.78 is 33.9. The molecule has 2 aliphatic heterocycles. The fraction of sp³-hybridized carbons (Fsp3) is 0.684. The first-order valence-corrected chi connectivity index (χ1v) is 11.6. The second kappa shape index (κ2) is 8.85. The van der Waals surface area contributed by atoms with Crippen LogP contribution in [0.1, 0.15) is 37.2 Å². The van der Waals surface area contributed by atoms with Crippen molar-refractivity contribution in [3.05, 3.63) is 18.0 Å². The van der Waals surface area contributed by atoms with Gasteiger partial charge in [0.2, 0.25) is 10.0 Å². The Morgan fingerprint density at radius 3 is 2.31 bits per heavy atom. The molecule has 2 saturated heterocycles. The Morgan fingerprint density at radius 2 is 1.76 bits per heavy atom. The molecule has 3 rings (SSSR count). The lowest BCUT2D eigenvalue weighted by atomic mass is 10.2. The van der Waals surface area contributed by atoms with Gasteiger partial charge in [-0.2, -0.15) is 4.31 Å². The van der Waals surface area contributed by atoms with E-state index in [-0.39, 0.29) is 22.8 Å². The van der Waals surface area contributed by atoms with E-state index in [1.165, 1.54) is 16.6 Å². The third-order valence-electron chi connectivity index (χ3n) is 5.63. The smallest absolute Gasteiger partial charge is 0.270 e. The van der Waals surface area contributed by atoms with E-state index in [0.29, 0.717) is 51.6 Å². The van der Waals surface area contributed by atoms with Crippen molar-refractivity contribution in [2.45, 2.75) is 37.7 Å². The highest BCUT2D eigenvalue weighted by Crippen LogP contribution is 2.21. The number of aromatic nitrogens is 1. The minimum atomic E-state index is -3.62. The van der Waals surface area contributed by atoms with E-state index in [1.807, 2.05) is 0 Å². The van der Waals surface area contributed by atoms with E-state index in [9.17, 15) is 18.0 Å². The predicted molar refractivity (Wildman–Crippen MR) is 107 cm³/mol. The van der Waals surface area contributed by atoms with E-state index >= 15 is 0 Å². The van der Waals surface area contributed by atoms with Crippen LogP contribution < -0.4 is 0 Å². The van der Waals surface area contributed by atoms with Gasteiger partial charge in [0, 0.05) is 59.1 Å². The van der Waals surface area contributed by atoms with Crippen LogP contribution in [0.2, 0.25) is 0 Å². The number of nitrogens with zero attached hydrogens (tertiary/aromatic N) is 4. The highest BCUT2D eigenvalue weighted by atomic mass is 32.2. The molecule has 1 unspecified atom stereocenters. The molecule has 0 N–H and O–H groups in total. The summed E-state index contributed by atoms with van der Waals surface area (Å²) >= 11 is 0. The summed E-state index contributed by atoms with van der Waals surface area (Å²) in [7, 11) is -1.95. The summed E-state index contributed by atoms with van der Waals surface area (Å²) in [6.07, 6.45) is 2.79. The molecule has 29 heavy (non-hydrogen) atoms. The Morgan fingerprint density at radius 1 is 1.14 bits per heavy atom. The van der Waals surface area contributed by atoms with Crippen LogP contribution in [0.25, 0.3) is 0 Å². The van der Waals surface area contributed by atoms with Gasteiger partial charge in [0.15, 0.2) is 0 Å². The average Bonchev–Trinajstić information content (AvgIpc) is 3.38. The highest BCUT2D eigenvalue weighted by molar-refractivity contribution is 7.89. The molecule has 0 spiro atoms. The molecule has 1 aromatic rings. The molecule has 9 nitrogen and oxygen atoms in total. The van der Waals surface area contributed by atoms with Crippen LogP contribution in [0.5, 0.6) is 0 Å². The van der Waals surface area contributed by atoms with Crippen molar-refractivity contribution in [1.29, 1.82) is 0 Å². The molecule has 2 aliphatic rings. The van der Waals surface area contributed by atoms with Crippen molar-refractivity contribution in [3.8, 4) is 0 Å². The SMILES string of the molecule is CCN(CC)S(=O)(=O)c1cc(C(=O)N2CCN(C(=O)C3CCCO3)CC2)n(C)c1. The lowest BCUT2D eigenvalue weighted by Crippen LogP contribution is -2.53. The van der Waals surface area contributed by atoms with Crippen LogP contribution in [-0.2, 0) is 26.6 Å². The zero-order chi connectivity index (χ0) is 21.2. The molecule has 1 aromatic heterocycles. The van der Waals surface area contributed by atoms with Gasteiger partial charge in [-0.05, 0) is 18.9 Å². The van der Waals surface area contributed by atoms with Crippen molar-refractivity contribution >= 4 is 21.8 Å². The van der Waals surface area contributed by atoms with Crippen molar-refractivity contribution < 1.29 is 22.7 Å². The van der Waals surface area contributed by atoms with Gasteiger partial charge in [0.1, 0.15) is 16.7 Å². The first-order valence-electron chi connectivity index (χ1n) is 10.2. The number of sulfonamides is 1. The van der Waals surface area contributed by atoms with Crippen molar-refractivity contribution in [3.63, 3.8) is 0 Å². The number of hydrogen-bond acceptors (Lipinski definition) is 5. The van der Waals surface area contributed by atoms with E-state index < -0.39 is 10.0 Å². The van der Waals surface area contributed by atoms with Crippen molar-refractivity contribution in [1.82, 2.24) is 18.7 Å². The maximum absolute atomic E-state index is 13.0. The Hall–Kier alpha value is -1.91. The van der Waals surface area contributed by atoms with Crippen molar-refractivity contribution in [2.24, 2.45) is 7.05 Å². The van der Waals surface area contributed by atoms with Gasteiger partial charge in [0.05, 0.1) is 0 Å². The molecule has 0 saturated carbocycles. The Kier molecular flexibility index (Phi) is 6.65. The number of amides is 2. The van der Waals surface area contributed by atoms with Gasteiger partial charge in [0.25, 0.3) is 11.8 Å². The molecule has 0 radical (unpaired) electrons. The van der Waals surface area contributed by atoms with Crippen LogP contribution in [0.4, 0.5) is 0 Å². The molecule has 0 aromatic carbocycles. The maximum Gasteiger partial charge on any atom is 0.270 e. The molecule has 3 heterocycles. The summed E-state index contributed by atoms with van der Waals surface area (Å²) in [5.74, 6) is -0.223. The van der Waals surface area contributed by atoms with Gasteiger partial charge in [-0.1, -0.05) is 13.8 Å². The maximum atomic E-state index is 13.0. The quantitative estimate of drug-likeness (QED) is 0.661. The summed E-state index contributed by atoms with van der Waals surface area (Å²) in [5, 5.41) is 0. The standard InChI is InChI=1S/C19H30N4O5S/c1-4-23(5-2)29(26,27)15-13-16(20(3)14-15)18(24)21-8-10-22(11-9-21)19(25)17-7-6-12-28-17/h13-14,17H,4-12H2,1-3H3. The molecule has 2 amide bonds. The zero-order valence-corrected chi connectivity index (χ0v) is 18.2. The normalized spacial score (nSPS) is 20.5. The van der Waals surface area contributed by atoms with E-state index in [0.717, 1.165) is 12.8 Å². The fourth-order valence-electron chi connectivity index (χ4n) is 3.87. The van der Waals surface area contributed by atoms with E-state index in [1.54, 1.807) is 35.3 Å². The van der Waals surface area contributed by atoms with Gasteiger partial charge in [-0.3, -0.25) is 9.59 Å². The monoisotopic (exact) mass is 426 g/mol. The summed E-state index contributed by atoms with van der Waals surface area (Å²) in [6.45, 7) is 6.69. The minimum absolute atomic E-state index is 0.000989. The molecular formula is C19H30N4O5S. The summed E-state index contributed by atoms with van der Waals surface area (Å²) in [5.41, 5.74) is 0.328. The largest absolute Gasteiger partial charge is 0.368 e. The predicted octanol–water partition coefficient (Wildman–Crippen LogP) is 0.519. The third-order valence-corrected chi connectivity index (χ3v) is 7.64. The molecule has 1 atom stereocenters. The zero-order valence-electron chi connectivity index (χ0n) is 17.3. The van der Waals surface area contributed by atoms with E-state index in [4.69, 9.17) is 4.74 Å². The number of carbonyl (C=O) groups excluding carboxylic acids is 2. The molecule has 10 heteroatoms. The first-order chi connectivity index (χ1) is 13.8. The average molecular weight is 427 g/mol. The first kappa shape index (κ1) is 21.8. The van der Waals surface area contributed by atoms with Crippen LogP contribution in [0.15, 0.2) is 17.2 Å². The minimum Gasteiger partial charge on any atom is -0.368 e. The second-order valence-corrected chi connectivity index (χ2v) is 9.32. The number of aryl methyl sites for hydroxylation is 1. The molecule has 2 fully saturated rings. The third kappa shape index (κ3) is 4.34. The second-order valence-electron chi connectivity index (χ2n) is 7.38. The number of carbonyl (C=O) groups is 2. The van der Waals surface area contributed by atoms with Crippen LogP contribution in [-0.4, -0.2) is 90.9 Å². The summed E-state index contributed by atoms with van der Waals surface area (Å²) in [6, 6.07) is 1.44. The summed E-state index contributed by atoms with van der Waals surface area (Å²) in [4.78, 5) is 29.0.